The van der Waals surface area contributed by atoms with Crippen LogP contribution in [-0.4, -0.2) is 5.78 Å². The number of Topliss-reactive ketones (excluding diaryl/α,β-unsaturated/α-hetero) is 1. The highest BCUT2D eigenvalue weighted by atomic mass is 16.1. The maximum Gasteiger partial charge on any atom is 0.139 e. The molecule has 2 unspecified atom stereocenters. The van der Waals surface area contributed by atoms with Crippen molar-refractivity contribution in [3.05, 3.63) is 0 Å². The first-order valence-electron chi connectivity index (χ1n) is 4.52. The molecule has 0 amide bonds. The molecule has 0 aromatic heterocycles. The molecule has 0 spiro atoms. The number of carbonyl (C=O) groups excluding carboxylic acids is 1. The van der Waals surface area contributed by atoms with Crippen LogP contribution < -0.4 is 0 Å². The maximum atomic E-state index is 11.6. The Balaban J connectivity index is 0.000000720. The van der Waals surface area contributed by atoms with E-state index in [9.17, 15) is 4.79 Å². The number of fused-ring (bicyclic) bond motifs is 2. The molecule has 2 aliphatic carbocycles. The van der Waals surface area contributed by atoms with Crippen molar-refractivity contribution < 1.29 is 4.79 Å². The highest BCUT2D eigenvalue weighted by Gasteiger charge is 2.61. The van der Waals surface area contributed by atoms with Gasteiger partial charge in [0.15, 0.2) is 0 Å². The van der Waals surface area contributed by atoms with Gasteiger partial charge in [-0.1, -0.05) is 28.2 Å². The lowest BCUT2D eigenvalue weighted by Gasteiger charge is -2.32. The zero-order chi connectivity index (χ0) is 8.28. The molecular weight excluding hydrogens is 148 g/mol. The highest BCUT2D eigenvalue weighted by molar-refractivity contribution is 5.89. The first-order chi connectivity index (χ1) is 4.98. The van der Waals surface area contributed by atoms with E-state index in [-0.39, 0.29) is 18.3 Å². The smallest absolute Gasteiger partial charge is 0.139 e. The van der Waals surface area contributed by atoms with Crippen molar-refractivity contribution in [2.24, 2.45) is 16.7 Å². The summed E-state index contributed by atoms with van der Waals surface area (Å²) in [6.45, 7) is 6.67. The summed E-state index contributed by atoms with van der Waals surface area (Å²) in [7, 11) is 0. The van der Waals surface area contributed by atoms with Gasteiger partial charge in [-0.05, 0) is 24.2 Å². The van der Waals surface area contributed by atoms with Crippen LogP contribution in [0.1, 0.15) is 47.5 Å². The molecule has 0 radical (unpaired) electrons. The van der Waals surface area contributed by atoms with E-state index in [1.165, 1.54) is 6.42 Å². The minimum absolute atomic E-state index is 0. The minimum atomic E-state index is 0. The lowest BCUT2D eigenvalue weighted by Crippen LogP contribution is -2.32. The zero-order valence-corrected chi connectivity index (χ0v) is 7.61. The molecule has 2 atom stereocenters. The molecule has 12 heavy (non-hydrogen) atoms. The molecule has 1 heteroatoms. The highest BCUT2D eigenvalue weighted by Crippen LogP contribution is 2.63. The molecule has 2 bridgehead atoms. The molecule has 0 saturated heterocycles. The third-order valence-electron chi connectivity index (χ3n) is 4.48. The van der Waals surface area contributed by atoms with Gasteiger partial charge in [0.05, 0.1) is 0 Å². The minimum Gasteiger partial charge on any atom is -0.299 e. The van der Waals surface area contributed by atoms with Gasteiger partial charge in [-0.2, -0.15) is 0 Å². The first-order valence-corrected chi connectivity index (χ1v) is 4.52. The van der Waals surface area contributed by atoms with Crippen LogP contribution in [0.15, 0.2) is 0 Å². The van der Waals surface area contributed by atoms with Crippen molar-refractivity contribution in [3.63, 3.8) is 0 Å². The number of carbonyl (C=O) groups is 1. The van der Waals surface area contributed by atoms with Crippen LogP contribution in [0.5, 0.6) is 0 Å². The number of rotatable bonds is 0. The molecule has 0 N–H and O–H groups in total. The predicted octanol–water partition coefficient (Wildman–Crippen LogP) is 3.04. The Bertz CT molecular complexity index is 217. The predicted molar refractivity (Wildman–Crippen MR) is 51.0 cm³/mol. The standard InChI is InChI=1S/C10H16O.CH4/c1-9(2)7-4-5-10(9,3)8(11)6-7;/h7H,4-6H2,1-3H3;1H4. The first kappa shape index (κ1) is 9.76. The summed E-state index contributed by atoms with van der Waals surface area (Å²) >= 11 is 0. The summed E-state index contributed by atoms with van der Waals surface area (Å²) in [5, 5.41) is 0. The fourth-order valence-electron chi connectivity index (χ4n) is 2.90. The second kappa shape index (κ2) is 2.34. The summed E-state index contributed by atoms with van der Waals surface area (Å²) in [5.74, 6) is 1.19. The van der Waals surface area contributed by atoms with Gasteiger partial charge >= 0.3 is 0 Å². The van der Waals surface area contributed by atoms with Gasteiger partial charge in [-0.3, -0.25) is 4.79 Å². The van der Waals surface area contributed by atoms with Gasteiger partial charge in [0, 0.05) is 11.8 Å². The molecular formula is C11H20O. The summed E-state index contributed by atoms with van der Waals surface area (Å²) < 4.78 is 0. The molecule has 2 fully saturated rings. The SMILES string of the molecule is C.CC12CCC(CC1=O)C2(C)C. The van der Waals surface area contributed by atoms with Gasteiger partial charge in [-0.25, -0.2) is 0 Å². The molecule has 2 rings (SSSR count). The Morgan fingerprint density at radius 3 is 2.08 bits per heavy atom. The van der Waals surface area contributed by atoms with Gasteiger partial charge in [0.1, 0.15) is 5.78 Å². The summed E-state index contributed by atoms with van der Waals surface area (Å²) in [6.07, 6.45) is 3.25. The van der Waals surface area contributed by atoms with E-state index in [2.05, 4.69) is 20.8 Å². The quantitative estimate of drug-likeness (QED) is 0.543. The molecule has 0 aromatic rings. The van der Waals surface area contributed by atoms with Crippen molar-refractivity contribution in [3.8, 4) is 0 Å². The summed E-state index contributed by atoms with van der Waals surface area (Å²) in [4.78, 5) is 11.6. The van der Waals surface area contributed by atoms with E-state index in [1.807, 2.05) is 0 Å². The molecule has 70 valence electrons. The van der Waals surface area contributed by atoms with Crippen LogP contribution in [0.2, 0.25) is 0 Å². The van der Waals surface area contributed by atoms with Crippen LogP contribution in [0.3, 0.4) is 0 Å². The normalized spacial score (nSPS) is 42.9. The Kier molecular flexibility index (Phi) is 1.90. The van der Waals surface area contributed by atoms with E-state index in [4.69, 9.17) is 0 Å². The Morgan fingerprint density at radius 2 is 1.92 bits per heavy atom. The lowest BCUT2D eigenvalue weighted by atomic mass is 9.70. The Morgan fingerprint density at radius 1 is 1.33 bits per heavy atom. The van der Waals surface area contributed by atoms with Gasteiger partial charge in [0.2, 0.25) is 0 Å². The average molecular weight is 168 g/mol. The van der Waals surface area contributed by atoms with E-state index in [1.54, 1.807) is 0 Å². The Labute approximate surface area is 75.5 Å². The fourth-order valence-corrected chi connectivity index (χ4v) is 2.90. The topological polar surface area (TPSA) is 17.1 Å². The van der Waals surface area contributed by atoms with E-state index in [0.717, 1.165) is 12.8 Å². The van der Waals surface area contributed by atoms with Crippen molar-refractivity contribution in [2.75, 3.05) is 0 Å². The Hall–Kier alpha value is -0.330. The van der Waals surface area contributed by atoms with E-state index in [0.29, 0.717) is 11.7 Å². The van der Waals surface area contributed by atoms with Crippen LogP contribution in [0.4, 0.5) is 0 Å². The van der Waals surface area contributed by atoms with Crippen LogP contribution in [-0.2, 0) is 4.79 Å². The molecule has 0 aliphatic heterocycles. The molecule has 1 nitrogen and oxygen atoms in total. The van der Waals surface area contributed by atoms with Crippen molar-refractivity contribution in [1.29, 1.82) is 0 Å². The maximum absolute atomic E-state index is 11.6. The summed E-state index contributed by atoms with van der Waals surface area (Å²) in [5.41, 5.74) is 0.307. The summed E-state index contributed by atoms with van der Waals surface area (Å²) in [6, 6.07) is 0. The second-order valence-electron chi connectivity index (χ2n) is 4.92. The fraction of sp³-hybridized carbons (Fsp3) is 0.909. The molecule has 0 aromatic carbocycles. The third kappa shape index (κ3) is 0.773. The monoisotopic (exact) mass is 168 g/mol. The average Bonchev–Trinajstić information content (AvgIpc) is 2.20. The van der Waals surface area contributed by atoms with Gasteiger partial charge in [0.25, 0.3) is 0 Å². The zero-order valence-electron chi connectivity index (χ0n) is 7.61. The largest absolute Gasteiger partial charge is 0.299 e. The van der Waals surface area contributed by atoms with Crippen molar-refractivity contribution in [1.82, 2.24) is 0 Å². The molecule has 0 heterocycles. The van der Waals surface area contributed by atoms with Crippen LogP contribution in [0, 0.1) is 16.7 Å². The van der Waals surface area contributed by atoms with Crippen molar-refractivity contribution in [2.45, 2.75) is 47.5 Å². The van der Waals surface area contributed by atoms with E-state index < -0.39 is 0 Å². The third-order valence-corrected chi connectivity index (χ3v) is 4.48. The van der Waals surface area contributed by atoms with Gasteiger partial charge < -0.3 is 0 Å². The van der Waals surface area contributed by atoms with E-state index >= 15 is 0 Å². The number of hydrogen-bond donors (Lipinski definition) is 0. The second-order valence-corrected chi connectivity index (χ2v) is 4.92. The number of hydrogen-bond acceptors (Lipinski definition) is 1. The molecule has 2 saturated carbocycles. The van der Waals surface area contributed by atoms with Crippen LogP contribution in [0.25, 0.3) is 0 Å². The van der Waals surface area contributed by atoms with Gasteiger partial charge in [-0.15, -0.1) is 0 Å². The molecule has 2 aliphatic rings. The lowest BCUT2D eigenvalue weighted by molar-refractivity contribution is -0.128. The van der Waals surface area contributed by atoms with Crippen molar-refractivity contribution >= 4 is 5.78 Å². The number of ketones is 1. The van der Waals surface area contributed by atoms with Crippen LogP contribution >= 0.6 is 0 Å².